The summed E-state index contributed by atoms with van der Waals surface area (Å²) in [5.74, 6) is -0.458. The highest BCUT2D eigenvalue weighted by atomic mass is 19.1. The zero-order chi connectivity index (χ0) is 8.27. The van der Waals surface area contributed by atoms with Gasteiger partial charge in [0, 0.05) is 0 Å². The zero-order valence-electron chi connectivity index (χ0n) is 6.17. The second-order valence-electron chi connectivity index (χ2n) is 1.93. The number of rotatable bonds is 2. The molecule has 0 aliphatic carbocycles. The van der Waals surface area contributed by atoms with Crippen molar-refractivity contribution in [1.29, 1.82) is 0 Å². The van der Waals surface area contributed by atoms with Gasteiger partial charge in [0.05, 0.1) is 12.8 Å². The Labute approximate surface area is 64.3 Å². The van der Waals surface area contributed by atoms with Crippen LogP contribution in [0.3, 0.4) is 0 Å². The van der Waals surface area contributed by atoms with Crippen molar-refractivity contribution in [1.82, 2.24) is 4.98 Å². The monoisotopic (exact) mass is 153 g/mol. The van der Waals surface area contributed by atoms with Crippen LogP contribution in [0.2, 0.25) is 0 Å². The lowest BCUT2D eigenvalue weighted by atomic mass is 10.3. The normalized spacial score (nSPS) is 9.27. The van der Waals surface area contributed by atoms with E-state index in [0.29, 0.717) is 5.69 Å². The smallest absolute Gasteiger partial charge is 0.255 e. The van der Waals surface area contributed by atoms with Crippen LogP contribution in [0.5, 0.6) is 5.75 Å². The van der Waals surface area contributed by atoms with Crippen molar-refractivity contribution in [2.75, 3.05) is 7.11 Å². The standard InChI is InChI=1S/C8H8FNO/c1-3-6-4-5-7(11-2)8(9)10-6/h3-5H,1H2,2H3. The first-order valence-corrected chi connectivity index (χ1v) is 3.11. The third-order valence-electron chi connectivity index (χ3n) is 1.27. The molecule has 2 nitrogen and oxygen atoms in total. The minimum absolute atomic E-state index is 0.149. The van der Waals surface area contributed by atoms with Crippen LogP contribution in [0.1, 0.15) is 5.69 Å². The molecular formula is C8H8FNO. The summed E-state index contributed by atoms with van der Waals surface area (Å²) in [6.45, 7) is 3.46. The van der Waals surface area contributed by atoms with Gasteiger partial charge in [-0.15, -0.1) is 0 Å². The minimum atomic E-state index is -0.607. The van der Waals surface area contributed by atoms with Crippen molar-refractivity contribution in [3.63, 3.8) is 0 Å². The number of nitrogens with zero attached hydrogens (tertiary/aromatic N) is 1. The van der Waals surface area contributed by atoms with E-state index in [4.69, 9.17) is 0 Å². The molecule has 1 rings (SSSR count). The average molecular weight is 153 g/mol. The first-order chi connectivity index (χ1) is 5.27. The maximum absolute atomic E-state index is 12.8. The van der Waals surface area contributed by atoms with E-state index in [1.807, 2.05) is 0 Å². The van der Waals surface area contributed by atoms with Crippen molar-refractivity contribution in [3.8, 4) is 5.75 Å². The predicted octanol–water partition coefficient (Wildman–Crippen LogP) is 1.87. The lowest BCUT2D eigenvalue weighted by Crippen LogP contribution is -1.92. The summed E-state index contributed by atoms with van der Waals surface area (Å²) < 4.78 is 17.4. The molecule has 0 aromatic carbocycles. The molecule has 0 radical (unpaired) electrons. The summed E-state index contributed by atoms with van der Waals surface area (Å²) in [5, 5.41) is 0. The van der Waals surface area contributed by atoms with Gasteiger partial charge in [0.25, 0.3) is 5.95 Å². The molecule has 0 fully saturated rings. The summed E-state index contributed by atoms with van der Waals surface area (Å²) in [6, 6.07) is 3.15. The van der Waals surface area contributed by atoms with Crippen molar-refractivity contribution < 1.29 is 9.13 Å². The predicted molar refractivity (Wildman–Crippen MR) is 40.8 cm³/mol. The maximum Gasteiger partial charge on any atom is 0.255 e. The van der Waals surface area contributed by atoms with Crippen LogP contribution >= 0.6 is 0 Å². The van der Waals surface area contributed by atoms with Crippen LogP contribution < -0.4 is 4.74 Å². The Kier molecular flexibility index (Phi) is 2.21. The molecule has 0 aliphatic heterocycles. The summed E-state index contributed by atoms with van der Waals surface area (Å²) in [6.07, 6.45) is 1.47. The molecular weight excluding hydrogens is 145 g/mol. The molecule has 0 amide bonds. The molecule has 1 aromatic rings. The molecule has 3 heteroatoms. The van der Waals surface area contributed by atoms with Crippen LogP contribution in [0.15, 0.2) is 18.7 Å². The zero-order valence-corrected chi connectivity index (χ0v) is 6.17. The van der Waals surface area contributed by atoms with E-state index in [1.165, 1.54) is 19.3 Å². The Balaban J connectivity index is 3.09. The van der Waals surface area contributed by atoms with E-state index >= 15 is 0 Å². The van der Waals surface area contributed by atoms with Gasteiger partial charge in [-0.2, -0.15) is 4.39 Å². The summed E-state index contributed by atoms with van der Waals surface area (Å²) in [4.78, 5) is 3.55. The number of hydrogen-bond donors (Lipinski definition) is 0. The molecule has 0 saturated heterocycles. The topological polar surface area (TPSA) is 22.1 Å². The van der Waals surface area contributed by atoms with Gasteiger partial charge in [-0.3, -0.25) is 0 Å². The summed E-state index contributed by atoms with van der Waals surface area (Å²) >= 11 is 0. The van der Waals surface area contributed by atoms with E-state index < -0.39 is 5.95 Å². The molecule has 0 aliphatic rings. The molecule has 58 valence electrons. The largest absolute Gasteiger partial charge is 0.492 e. The number of methoxy groups -OCH3 is 1. The van der Waals surface area contributed by atoms with E-state index in [9.17, 15) is 4.39 Å². The first-order valence-electron chi connectivity index (χ1n) is 3.11. The Bertz CT molecular complexity index is 273. The molecule has 0 saturated carbocycles. The molecule has 0 atom stereocenters. The van der Waals surface area contributed by atoms with Gasteiger partial charge in [-0.25, -0.2) is 4.98 Å². The van der Waals surface area contributed by atoms with Crippen molar-refractivity contribution in [2.45, 2.75) is 0 Å². The van der Waals surface area contributed by atoms with Gasteiger partial charge >= 0.3 is 0 Å². The van der Waals surface area contributed by atoms with E-state index in [-0.39, 0.29) is 5.75 Å². The lowest BCUT2D eigenvalue weighted by molar-refractivity contribution is 0.377. The molecule has 0 bridgehead atoms. The second kappa shape index (κ2) is 3.14. The highest BCUT2D eigenvalue weighted by Crippen LogP contribution is 2.14. The number of hydrogen-bond acceptors (Lipinski definition) is 2. The van der Waals surface area contributed by atoms with Crippen molar-refractivity contribution in [2.24, 2.45) is 0 Å². The van der Waals surface area contributed by atoms with Crippen LogP contribution in [-0.2, 0) is 0 Å². The quantitative estimate of drug-likeness (QED) is 0.605. The van der Waals surface area contributed by atoms with Gasteiger partial charge in [0.15, 0.2) is 5.75 Å². The van der Waals surface area contributed by atoms with E-state index in [2.05, 4.69) is 16.3 Å². The third kappa shape index (κ3) is 1.55. The fraction of sp³-hybridized carbons (Fsp3) is 0.125. The Morgan fingerprint density at radius 1 is 1.64 bits per heavy atom. The fourth-order valence-electron chi connectivity index (χ4n) is 0.701. The number of ether oxygens (including phenoxy) is 1. The van der Waals surface area contributed by atoms with Crippen LogP contribution in [0.4, 0.5) is 4.39 Å². The molecule has 0 spiro atoms. The highest BCUT2D eigenvalue weighted by molar-refractivity contribution is 5.42. The summed E-state index contributed by atoms with van der Waals surface area (Å²) in [7, 11) is 1.40. The van der Waals surface area contributed by atoms with Gasteiger partial charge in [0.1, 0.15) is 0 Å². The number of aromatic nitrogens is 1. The molecule has 0 unspecified atom stereocenters. The van der Waals surface area contributed by atoms with Gasteiger partial charge in [-0.05, 0) is 18.2 Å². The lowest BCUT2D eigenvalue weighted by Gasteiger charge is -1.99. The minimum Gasteiger partial charge on any atom is -0.492 e. The highest BCUT2D eigenvalue weighted by Gasteiger charge is 2.01. The van der Waals surface area contributed by atoms with Crippen molar-refractivity contribution >= 4 is 6.08 Å². The van der Waals surface area contributed by atoms with Crippen LogP contribution in [0, 0.1) is 5.95 Å². The Morgan fingerprint density at radius 2 is 2.36 bits per heavy atom. The van der Waals surface area contributed by atoms with Crippen LogP contribution in [0.25, 0.3) is 6.08 Å². The number of pyridine rings is 1. The van der Waals surface area contributed by atoms with E-state index in [1.54, 1.807) is 6.07 Å². The first kappa shape index (κ1) is 7.72. The van der Waals surface area contributed by atoms with Gasteiger partial charge < -0.3 is 4.74 Å². The molecule has 1 heterocycles. The van der Waals surface area contributed by atoms with E-state index in [0.717, 1.165) is 0 Å². The Hall–Kier alpha value is -1.38. The van der Waals surface area contributed by atoms with Gasteiger partial charge in [0.2, 0.25) is 0 Å². The second-order valence-corrected chi connectivity index (χ2v) is 1.93. The van der Waals surface area contributed by atoms with Crippen molar-refractivity contribution in [3.05, 3.63) is 30.4 Å². The SMILES string of the molecule is C=Cc1ccc(OC)c(F)n1. The molecule has 11 heavy (non-hydrogen) atoms. The molecule has 1 aromatic heterocycles. The average Bonchev–Trinajstić information content (AvgIpc) is 2.04. The van der Waals surface area contributed by atoms with Crippen LogP contribution in [-0.4, -0.2) is 12.1 Å². The number of halogens is 1. The van der Waals surface area contributed by atoms with Gasteiger partial charge in [-0.1, -0.05) is 6.58 Å². The fourth-order valence-corrected chi connectivity index (χ4v) is 0.701. The molecule has 0 N–H and O–H groups in total. The third-order valence-corrected chi connectivity index (χ3v) is 1.27. The Morgan fingerprint density at radius 3 is 2.82 bits per heavy atom. The summed E-state index contributed by atoms with van der Waals surface area (Å²) in [5.41, 5.74) is 0.503. The maximum atomic E-state index is 12.8.